The van der Waals surface area contributed by atoms with Crippen LogP contribution < -0.4 is 14.2 Å². The van der Waals surface area contributed by atoms with Crippen LogP contribution in [0.3, 0.4) is 0 Å². The van der Waals surface area contributed by atoms with Crippen LogP contribution in [-0.4, -0.2) is 45.3 Å². The number of phenolic OH excluding ortho intramolecular Hbond substituents is 4. The maximum Gasteiger partial charge on any atom is 0.316 e. The molecule has 0 saturated carbocycles. The minimum absolute atomic E-state index is 0. The van der Waals surface area contributed by atoms with Crippen molar-refractivity contribution in [1.82, 2.24) is 0 Å². The van der Waals surface area contributed by atoms with Crippen LogP contribution in [0.4, 0.5) is 0 Å². The Morgan fingerprint density at radius 3 is 1.28 bits per heavy atom. The highest BCUT2D eigenvalue weighted by molar-refractivity contribution is 5.85. The van der Waals surface area contributed by atoms with Gasteiger partial charge in [-0.05, 0) is 202 Å². The van der Waals surface area contributed by atoms with Gasteiger partial charge in [-0.3, -0.25) is 9.59 Å². The fourth-order valence-electron chi connectivity index (χ4n) is 7.06. The van der Waals surface area contributed by atoms with Gasteiger partial charge in [0, 0.05) is 12.7 Å². The van der Waals surface area contributed by atoms with Crippen LogP contribution in [0.1, 0.15) is 239 Å². The van der Waals surface area contributed by atoms with E-state index in [-0.39, 0.29) is 109 Å². The van der Waals surface area contributed by atoms with Gasteiger partial charge >= 0.3 is 11.9 Å². The summed E-state index contributed by atoms with van der Waals surface area (Å²) in [5.74, 6) is 3.27. The molecule has 496 valence electrons. The lowest BCUT2D eigenvalue weighted by atomic mass is 9.81. The number of esters is 2. The van der Waals surface area contributed by atoms with Crippen LogP contribution in [0.2, 0.25) is 0 Å². The Morgan fingerprint density at radius 1 is 0.402 bits per heavy atom. The third kappa shape index (κ3) is 32.0. The predicted octanol–water partition coefficient (Wildman–Crippen LogP) is 24.1. The van der Waals surface area contributed by atoms with E-state index in [1.54, 1.807) is 48.5 Å². The standard InChI is InChI=1S/C18H24O2.C15H18O.2C12H16O3.C10H14O.10CH4/c1-5-13(3)15-7-8-17-12-18(10-9-16(17)11-15)20-14(4)19-6-2;1-4-15(2,3)13-7-5-12-10-14(16)8-6-11(12)9-13;1-4-12(2,3)11(14)15-10-7-5-9(13)6-8-10;1-4-12(2,3)11(14)15-10-7-5-6-9(13)8-10;1-3-8(2)9-4-6-10(11)7-5-9;;;;;;;;;;/h7-14H,5-6H2,1-4H3;5-10,16H,4H2,1-3H3;2*5-8,13H,4H2,1-3H3;4-8,11H,3H2,1-2H3;10*1H4. The minimum Gasteiger partial charge on any atom is -0.508 e. The Hall–Kier alpha value is -7.04. The minimum atomic E-state index is -0.495. The lowest BCUT2D eigenvalue weighted by molar-refractivity contribution is -0.144. The number of hydrogen-bond acceptors (Lipinski definition) is 10. The Morgan fingerprint density at radius 2 is 0.793 bits per heavy atom. The molecule has 0 amide bonds. The second kappa shape index (κ2) is 46.2. The first kappa shape index (κ1) is 96.3. The lowest BCUT2D eigenvalue weighted by Gasteiger charge is -2.23. The number of fused-ring (bicyclic) bond motifs is 2. The molecular weight excluding hydrogens is 1080 g/mol. The SMILES string of the molecule is C.C.C.C.C.C.C.C.C.C.CCC(C)(C)C(=O)Oc1ccc(O)cc1.CCC(C)(C)C(=O)Oc1cccc(O)c1.CCC(C)(C)c1ccc2cc(O)ccc2c1.CCC(C)c1ccc(O)cc1.CCOC(C)Oc1ccc2cc(C(C)CC)ccc2c1. The average Bonchev–Trinajstić information content (AvgIpc) is 3.30. The van der Waals surface area contributed by atoms with E-state index in [0.29, 0.717) is 47.9 Å². The molecular formula is C77H128O10. The average molecular weight is 1210 g/mol. The third-order valence-electron chi connectivity index (χ3n) is 14.2. The molecule has 0 spiro atoms. The van der Waals surface area contributed by atoms with Crippen molar-refractivity contribution in [3.63, 3.8) is 0 Å². The number of carbonyl (C=O) groups excluding carboxylic acids is 2. The van der Waals surface area contributed by atoms with Crippen LogP contribution in [0.15, 0.2) is 146 Å². The molecule has 0 heterocycles. The van der Waals surface area contributed by atoms with Crippen molar-refractivity contribution in [3.8, 4) is 40.2 Å². The normalized spacial score (nSPS) is 10.9. The monoisotopic (exact) mass is 1210 g/mol. The molecule has 7 aromatic carbocycles. The number of carbonyl (C=O) groups is 2. The van der Waals surface area contributed by atoms with Crippen molar-refractivity contribution in [2.24, 2.45) is 10.8 Å². The van der Waals surface area contributed by atoms with Gasteiger partial charge in [-0.2, -0.15) is 0 Å². The van der Waals surface area contributed by atoms with E-state index >= 15 is 0 Å². The van der Waals surface area contributed by atoms with Gasteiger partial charge in [0.15, 0.2) is 6.29 Å². The van der Waals surface area contributed by atoms with Gasteiger partial charge in [-0.25, -0.2) is 0 Å². The third-order valence-corrected chi connectivity index (χ3v) is 14.2. The van der Waals surface area contributed by atoms with E-state index in [4.69, 9.17) is 29.2 Å². The molecule has 7 aromatic rings. The van der Waals surface area contributed by atoms with Crippen molar-refractivity contribution < 1.29 is 49.0 Å². The van der Waals surface area contributed by atoms with Crippen LogP contribution in [-0.2, 0) is 19.7 Å². The molecule has 3 atom stereocenters. The molecule has 10 heteroatoms. The summed E-state index contributed by atoms with van der Waals surface area (Å²) in [7, 11) is 0. The molecule has 0 aliphatic rings. The van der Waals surface area contributed by atoms with Crippen molar-refractivity contribution in [3.05, 3.63) is 162 Å². The maximum absolute atomic E-state index is 11.7. The van der Waals surface area contributed by atoms with Gasteiger partial charge < -0.3 is 39.4 Å². The zero-order valence-corrected chi connectivity index (χ0v) is 48.6. The Bertz CT molecular complexity index is 2890. The van der Waals surface area contributed by atoms with Crippen LogP contribution in [0.25, 0.3) is 21.5 Å². The van der Waals surface area contributed by atoms with Crippen molar-refractivity contribution in [2.45, 2.75) is 234 Å². The molecule has 4 N–H and O–H groups in total. The molecule has 0 fully saturated rings. The van der Waals surface area contributed by atoms with Gasteiger partial charge in [0.1, 0.15) is 40.2 Å². The highest BCUT2D eigenvalue weighted by Gasteiger charge is 2.28. The van der Waals surface area contributed by atoms with Crippen molar-refractivity contribution in [1.29, 1.82) is 0 Å². The molecule has 7 rings (SSSR count). The van der Waals surface area contributed by atoms with Gasteiger partial charge in [-0.15, -0.1) is 0 Å². The van der Waals surface area contributed by atoms with Gasteiger partial charge in [0.2, 0.25) is 0 Å². The van der Waals surface area contributed by atoms with E-state index in [2.05, 4.69) is 97.0 Å². The van der Waals surface area contributed by atoms with E-state index in [1.807, 2.05) is 79.7 Å². The number of aromatic hydroxyl groups is 4. The van der Waals surface area contributed by atoms with Crippen LogP contribution >= 0.6 is 0 Å². The Labute approximate surface area is 533 Å². The highest BCUT2D eigenvalue weighted by Crippen LogP contribution is 2.32. The molecule has 0 aromatic heterocycles. The van der Waals surface area contributed by atoms with E-state index in [0.717, 1.165) is 30.4 Å². The quantitative estimate of drug-likeness (QED) is 0.0418. The molecule has 10 nitrogen and oxygen atoms in total. The second-order valence-corrected chi connectivity index (χ2v) is 21.3. The Kier molecular flexibility index (Phi) is 51.1. The second-order valence-electron chi connectivity index (χ2n) is 21.3. The summed E-state index contributed by atoms with van der Waals surface area (Å²) in [5.41, 5.74) is 3.30. The fraction of sp³-hybridized carbons (Fsp3) is 0.481. The molecule has 0 radical (unpaired) electrons. The number of benzene rings is 7. The molecule has 87 heavy (non-hydrogen) atoms. The van der Waals surface area contributed by atoms with Crippen molar-refractivity contribution >= 4 is 33.5 Å². The first-order chi connectivity index (χ1) is 36.3. The molecule has 3 unspecified atom stereocenters. The Balaban J connectivity index is -0.000000147. The summed E-state index contributed by atoms with van der Waals surface area (Å²) >= 11 is 0. The molecule has 0 bridgehead atoms. The first-order valence-corrected chi connectivity index (χ1v) is 27.2. The molecule has 0 aliphatic heterocycles. The van der Waals surface area contributed by atoms with Gasteiger partial charge in [-0.1, -0.05) is 203 Å². The maximum atomic E-state index is 11.7. The summed E-state index contributed by atoms with van der Waals surface area (Å²) in [6, 6.07) is 44.6. The van der Waals surface area contributed by atoms with Crippen LogP contribution in [0, 0.1) is 10.8 Å². The predicted molar refractivity (Wildman–Crippen MR) is 383 cm³/mol. The number of ether oxygens (including phenoxy) is 4. The highest BCUT2D eigenvalue weighted by atomic mass is 16.7. The zero-order chi connectivity index (χ0) is 57.5. The van der Waals surface area contributed by atoms with Crippen LogP contribution in [0.5, 0.6) is 40.2 Å². The first-order valence-electron chi connectivity index (χ1n) is 27.2. The summed E-state index contributed by atoms with van der Waals surface area (Å²) in [6.07, 6.45) is 4.66. The van der Waals surface area contributed by atoms with Gasteiger partial charge in [0.05, 0.1) is 10.8 Å². The summed E-state index contributed by atoms with van der Waals surface area (Å²) in [6.45, 7) is 31.3. The number of phenols is 4. The van der Waals surface area contributed by atoms with E-state index in [1.165, 1.54) is 63.5 Å². The molecule has 0 saturated heterocycles. The largest absolute Gasteiger partial charge is 0.508 e. The topological polar surface area (TPSA) is 152 Å². The van der Waals surface area contributed by atoms with E-state index < -0.39 is 10.8 Å². The zero-order valence-electron chi connectivity index (χ0n) is 48.6. The fourth-order valence-corrected chi connectivity index (χ4v) is 7.06. The summed E-state index contributed by atoms with van der Waals surface area (Å²) in [5, 5.41) is 41.4. The summed E-state index contributed by atoms with van der Waals surface area (Å²) in [4.78, 5) is 23.3. The van der Waals surface area contributed by atoms with E-state index in [9.17, 15) is 19.8 Å². The number of hydrogen-bond donors (Lipinski definition) is 4. The van der Waals surface area contributed by atoms with Crippen molar-refractivity contribution in [2.75, 3.05) is 6.61 Å². The lowest BCUT2D eigenvalue weighted by Crippen LogP contribution is -2.28. The molecule has 0 aliphatic carbocycles. The smallest absolute Gasteiger partial charge is 0.316 e. The summed E-state index contributed by atoms with van der Waals surface area (Å²) < 4.78 is 21.5. The number of rotatable bonds is 16. The van der Waals surface area contributed by atoms with Gasteiger partial charge in [0.25, 0.3) is 0 Å².